The van der Waals surface area contributed by atoms with Crippen LogP contribution < -0.4 is 4.90 Å². The molecule has 0 heterocycles. The molecule has 1 aliphatic carbocycles. The first-order valence-corrected chi connectivity index (χ1v) is 7.32. The van der Waals surface area contributed by atoms with Crippen molar-refractivity contribution in [2.75, 3.05) is 18.5 Å². The molecular weight excluding hydrogens is 246 g/mol. The normalized spacial score (nSPS) is 17.6. The van der Waals surface area contributed by atoms with Gasteiger partial charge in [0.25, 0.3) is 0 Å². The van der Waals surface area contributed by atoms with Gasteiger partial charge in [-0.05, 0) is 54.7 Å². The molecule has 0 aromatic heterocycles. The molecule has 0 radical (unpaired) electrons. The van der Waals surface area contributed by atoms with Crippen LogP contribution >= 0.6 is 0 Å². The molecule has 2 aromatic carbocycles. The Morgan fingerprint density at radius 2 is 1.85 bits per heavy atom. The second kappa shape index (κ2) is 5.58. The summed E-state index contributed by atoms with van der Waals surface area (Å²) in [7, 11) is 2.13. The van der Waals surface area contributed by atoms with Crippen molar-refractivity contribution in [1.82, 2.24) is 0 Å². The van der Waals surface area contributed by atoms with E-state index in [1.807, 2.05) is 12.1 Å². The summed E-state index contributed by atoms with van der Waals surface area (Å²) < 4.78 is 0. The van der Waals surface area contributed by atoms with Gasteiger partial charge in [-0.25, -0.2) is 0 Å². The quantitative estimate of drug-likeness (QED) is 0.910. The molecule has 1 N–H and O–H groups in total. The van der Waals surface area contributed by atoms with Gasteiger partial charge in [0.05, 0.1) is 0 Å². The van der Waals surface area contributed by atoms with Crippen LogP contribution in [-0.2, 0) is 6.42 Å². The van der Waals surface area contributed by atoms with E-state index in [9.17, 15) is 5.11 Å². The number of fused-ring (bicyclic) bond motifs is 1. The largest absolute Gasteiger partial charge is 0.508 e. The lowest BCUT2D eigenvalue weighted by Gasteiger charge is -2.30. The first kappa shape index (κ1) is 13.0. The molecule has 20 heavy (non-hydrogen) atoms. The van der Waals surface area contributed by atoms with Crippen molar-refractivity contribution >= 4 is 5.69 Å². The van der Waals surface area contributed by atoms with Gasteiger partial charge in [0.2, 0.25) is 0 Å². The number of likely N-dealkylation sites (N-methyl/N-ethyl adjacent to an activating group) is 1. The molecule has 2 nitrogen and oxygen atoms in total. The van der Waals surface area contributed by atoms with Crippen molar-refractivity contribution in [3.05, 3.63) is 59.7 Å². The minimum atomic E-state index is 0.324. The van der Waals surface area contributed by atoms with Crippen molar-refractivity contribution in [3.63, 3.8) is 0 Å². The Hall–Kier alpha value is -1.96. The van der Waals surface area contributed by atoms with Crippen LogP contribution in [0.25, 0.3) is 0 Å². The molecule has 0 saturated carbocycles. The predicted octanol–water partition coefficient (Wildman–Crippen LogP) is 3.95. The third-order valence-electron chi connectivity index (χ3n) is 4.28. The van der Waals surface area contributed by atoms with Crippen LogP contribution in [0.3, 0.4) is 0 Å². The molecule has 0 fully saturated rings. The Morgan fingerprint density at radius 1 is 1.10 bits per heavy atom. The van der Waals surface area contributed by atoms with E-state index in [0.717, 1.165) is 12.2 Å². The first-order chi connectivity index (χ1) is 9.74. The van der Waals surface area contributed by atoms with Crippen molar-refractivity contribution in [2.45, 2.75) is 25.2 Å². The fraction of sp³-hybridized carbons (Fsp3) is 0.333. The standard InChI is InChI=1S/C18H21NO/c1-19(16-9-11-17(20)12-10-16)13-15-7-4-6-14-5-2-3-8-18(14)15/h2-3,5,8-12,15,20H,4,6-7,13H2,1H3. The van der Waals surface area contributed by atoms with Gasteiger partial charge < -0.3 is 10.0 Å². The number of benzene rings is 2. The fourth-order valence-corrected chi connectivity index (χ4v) is 3.19. The van der Waals surface area contributed by atoms with E-state index in [1.165, 1.54) is 30.4 Å². The Labute approximate surface area is 120 Å². The number of hydrogen-bond acceptors (Lipinski definition) is 2. The van der Waals surface area contributed by atoms with Crippen molar-refractivity contribution in [1.29, 1.82) is 0 Å². The Morgan fingerprint density at radius 3 is 2.65 bits per heavy atom. The highest BCUT2D eigenvalue weighted by molar-refractivity contribution is 5.49. The average Bonchev–Trinajstić information content (AvgIpc) is 2.48. The third kappa shape index (κ3) is 2.64. The average molecular weight is 267 g/mol. The van der Waals surface area contributed by atoms with Gasteiger partial charge in [0.15, 0.2) is 0 Å². The molecular formula is C18H21NO. The summed E-state index contributed by atoms with van der Waals surface area (Å²) in [4.78, 5) is 2.28. The molecule has 1 aliphatic rings. The zero-order valence-corrected chi connectivity index (χ0v) is 11.9. The van der Waals surface area contributed by atoms with Crippen LogP contribution in [-0.4, -0.2) is 18.7 Å². The summed E-state index contributed by atoms with van der Waals surface area (Å²) in [6.07, 6.45) is 3.76. The molecule has 104 valence electrons. The zero-order valence-electron chi connectivity index (χ0n) is 11.9. The van der Waals surface area contributed by atoms with E-state index in [-0.39, 0.29) is 0 Å². The van der Waals surface area contributed by atoms with Crippen molar-refractivity contribution < 1.29 is 5.11 Å². The number of hydrogen-bond donors (Lipinski definition) is 1. The van der Waals surface area contributed by atoms with E-state index in [4.69, 9.17) is 0 Å². The lowest BCUT2D eigenvalue weighted by Crippen LogP contribution is -2.26. The van der Waals surface area contributed by atoms with Crippen LogP contribution in [0.5, 0.6) is 5.75 Å². The second-order valence-electron chi connectivity index (χ2n) is 5.68. The monoisotopic (exact) mass is 267 g/mol. The molecule has 0 amide bonds. The number of phenols is 1. The van der Waals surface area contributed by atoms with Crippen molar-refractivity contribution in [2.24, 2.45) is 0 Å². The van der Waals surface area contributed by atoms with E-state index < -0.39 is 0 Å². The van der Waals surface area contributed by atoms with Crippen LogP contribution in [0.1, 0.15) is 29.9 Å². The van der Waals surface area contributed by atoms with Crippen LogP contribution in [0.4, 0.5) is 5.69 Å². The lowest BCUT2D eigenvalue weighted by atomic mass is 9.82. The molecule has 2 heteroatoms. The Balaban J connectivity index is 1.77. The molecule has 1 unspecified atom stereocenters. The van der Waals surface area contributed by atoms with E-state index in [0.29, 0.717) is 11.7 Å². The molecule has 0 bridgehead atoms. The van der Waals surface area contributed by atoms with E-state index in [1.54, 1.807) is 12.1 Å². The van der Waals surface area contributed by atoms with Gasteiger partial charge in [0, 0.05) is 25.2 Å². The predicted molar refractivity (Wildman–Crippen MR) is 83.5 cm³/mol. The summed E-state index contributed by atoms with van der Waals surface area (Å²) in [6.45, 7) is 1.03. The molecule has 2 aromatic rings. The van der Waals surface area contributed by atoms with Crippen LogP contribution in [0.15, 0.2) is 48.5 Å². The Kier molecular flexibility index (Phi) is 3.64. The fourth-order valence-electron chi connectivity index (χ4n) is 3.19. The van der Waals surface area contributed by atoms with Crippen LogP contribution in [0, 0.1) is 0 Å². The highest BCUT2D eigenvalue weighted by Gasteiger charge is 2.21. The van der Waals surface area contributed by atoms with Gasteiger partial charge in [-0.2, -0.15) is 0 Å². The maximum Gasteiger partial charge on any atom is 0.115 e. The number of rotatable bonds is 3. The number of aromatic hydroxyl groups is 1. The smallest absolute Gasteiger partial charge is 0.115 e. The number of aryl methyl sites for hydroxylation is 1. The third-order valence-corrected chi connectivity index (χ3v) is 4.28. The summed E-state index contributed by atoms with van der Waals surface area (Å²) in [5, 5.41) is 9.37. The number of phenolic OH excluding ortho intramolecular Hbond substituents is 1. The number of anilines is 1. The van der Waals surface area contributed by atoms with E-state index in [2.05, 4.69) is 36.2 Å². The minimum Gasteiger partial charge on any atom is -0.508 e. The Bertz CT molecular complexity index is 576. The summed E-state index contributed by atoms with van der Waals surface area (Å²) in [5.74, 6) is 0.934. The molecule has 3 rings (SSSR count). The second-order valence-corrected chi connectivity index (χ2v) is 5.68. The summed E-state index contributed by atoms with van der Waals surface area (Å²) >= 11 is 0. The first-order valence-electron chi connectivity index (χ1n) is 7.32. The molecule has 1 atom stereocenters. The van der Waals surface area contributed by atoms with Crippen molar-refractivity contribution in [3.8, 4) is 5.75 Å². The molecule has 0 spiro atoms. The maximum atomic E-state index is 9.37. The van der Waals surface area contributed by atoms with Gasteiger partial charge in [-0.1, -0.05) is 24.3 Å². The molecule has 0 saturated heterocycles. The minimum absolute atomic E-state index is 0.324. The summed E-state index contributed by atoms with van der Waals surface area (Å²) in [5.41, 5.74) is 4.19. The van der Waals surface area contributed by atoms with Crippen LogP contribution in [0.2, 0.25) is 0 Å². The summed E-state index contributed by atoms with van der Waals surface area (Å²) in [6, 6.07) is 16.3. The van der Waals surface area contributed by atoms with Gasteiger partial charge >= 0.3 is 0 Å². The van der Waals surface area contributed by atoms with E-state index >= 15 is 0 Å². The van der Waals surface area contributed by atoms with Gasteiger partial charge in [-0.15, -0.1) is 0 Å². The number of nitrogens with zero attached hydrogens (tertiary/aromatic N) is 1. The SMILES string of the molecule is CN(CC1CCCc2ccccc21)c1ccc(O)cc1. The topological polar surface area (TPSA) is 23.5 Å². The zero-order chi connectivity index (χ0) is 13.9. The lowest BCUT2D eigenvalue weighted by molar-refractivity contribution is 0.475. The molecule has 0 aliphatic heterocycles. The van der Waals surface area contributed by atoms with Gasteiger partial charge in [-0.3, -0.25) is 0 Å². The highest BCUT2D eigenvalue weighted by atomic mass is 16.3. The highest BCUT2D eigenvalue weighted by Crippen LogP contribution is 2.32. The maximum absolute atomic E-state index is 9.37. The van der Waals surface area contributed by atoms with Gasteiger partial charge in [0.1, 0.15) is 5.75 Å².